The minimum Gasteiger partial charge on any atom is -0.377 e. The Morgan fingerprint density at radius 2 is 2.00 bits per heavy atom. The SMILES string of the molecule is CCOC1CCCN(c2nnc(CC)c(CC)c2CN)C1. The van der Waals surface area contributed by atoms with Crippen molar-refractivity contribution in [2.45, 2.75) is 59.1 Å². The summed E-state index contributed by atoms with van der Waals surface area (Å²) in [7, 11) is 0. The number of piperidine rings is 1. The molecule has 1 aliphatic rings. The van der Waals surface area contributed by atoms with E-state index in [-0.39, 0.29) is 0 Å². The third-order valence-electron chi connectivity index (χ3n) is 4.22. The number of aryl methyl sites for hydroxylation is 1. The van der Waals surface area contributed by atoms with Crippen molar-refractivity contribution in [2.24, 2.45) is 5.73 Å². The van der Waals surface area contributed by atoms with Crippen LogP contribution in [0.4, 0.5) is 5.82 Å². The first-order chi connectivity index (χ1) is 10.2. The third kappa shape index (κ3) is 3.52. The van der Waals surface area contributed by atoms with Crippen LogP contribution in [0, 0.1) is 0 Å². The lowest BCUT2D eigenvalue weighted by molar-refractivity contribution is 0.0524. The molecular weight excluding hydrogens is 264 g/mol. The smallest absolute Gasteiger partial charge is 0.156 e. The fraction of sp³-hybridized carbons (Fsp3) is 0.750. The van der Waals surface area contributed by atoms with Crippen LogP contribution in [0.3, 0.4) is 0 Å². The highest BCUT2D eigenvalue weighted by Gasteiger charge is 2.24. The van der Waals surface area contributed by atoms with Crippen molar-refractivity contribution < 1.29 is 4.74 Å². The summed E-state index contributed by atoms with van der Waals surface area (Å²) in [6.45, 7) is 9.53. The van der Waals surface area contributed by atoms with Crippen LogP contribution in [0.1, 0.15) is 50.4 Å². The molecule has 0 bridgehead atoms. The highest BCUT2D eigenvalue weighted by Crippen LogP contribution is 2.26. The molecular formula is C16H28N4O. The molecule has 0 saturated carbocycles. The molecule has 0 aliphatic carbocycles. The molecule has 1 aromatic rings. The van der Waals surface area contributed by atoms with Crippen molar-refractivity contribution in [1.82, 2.24) is 10.2 Å². The summed E-state index contributed by atoms with van der Waals surface area (Å²) in [5, 5.41) is 8.92. The summed E-state index contributed by atoms with van der Waals surface area (Å²) in [4.78, 5) is 2.30. The highest BCUT2D eigenvalue weighted by atomic mass is 16.5. The fourth-order valence-electron chi connectivity index (χ4n) is 3.21. The second-order valence-electron chi connectivity index (χ2n) is 5.50. The van der Waals surface area contributed by atoms with Crippen LogP contribution >= 0.6 is 0 Å². The first kappa shape index (κ1) is 16.2. The number of hydrogen-bond donors (Lipinski definition) is 1. The predicted molar refractivity (Wildman–Crippen MR) is 85.5 cm³/mol. The van der Waals surface area contributed by atoms with Gasteiger partial charge in [0.25, 0.3) is 0 Å². The Balaban J connectivity index is 2.30. The Morgan fingerprint density at radius 3 is 2.62 bits per heavy atom. The average Bonchev–Trinajstić information content (AvgIpc) is 2.53. The Bertz CT molecular complexity index is 462. The predicted octanol–water partition coefficient (Wildman–Crippen LogP) is 2.07. The van der Waals surface area contributed by atoms with Crippen molar-refractivity contribution in [3.63, 3.8) is 0 Å². The molecule has 0 aromatic carbocycles. The third-order valence-corrected chi connectivity index (χ3v) is 4.22. The van der Waals surface area contributed by atoms with E-state index >= 15 is 0 Å². The first-order valence-electron chi connectivity index (χ1n) is 8.18. The average molecular weight is 292 g/mol. The maximum atomic E-state index is 6.02. The standard InChI is InChI=1S/C16H28N4O/c1-4-13-14(10-17)16(19-18-15(13)5-2)20-9-7-8-12(11-20)21-6-3/h12H,4-11,17H2,1-3H3. The molecule has 2 heterocycles. The Kier molecular flexibility index (Phi) is 5.94. The van der Waals surface area contributed by atoms with E-state index in [1.54, 1.807) is 0 Å². The number of nitrogens with zero attached hydrogens (tertiary/aromatic N) is 3. The van der Waals surface area contributed by atoms with Gasteiger partial charge in [-0.05, 0) is 38.2 Å². The number of hydrogen-bond acceptors (Lipinski definition) is 5. The maximum absolute atomic E-state index is 6.02. The molecule has 1 unspecified atom stereocenters. The molecule has 2 rings (SSSR count). The summed E-state index contributed by atoms with van der Waals surface area (Å²) in [6.07, 6.45) is 4.43. The highest BCUT2D eigenvalue weighted by molar-refractivity contribution is 5.51. The Hall–Kier alpha value is -1.20. The van der Waals surface area contributed by atoms with Gasteiger partial charge in [-0.2, -0.15) is 5.10 Å². The first-order valence-corrected chi connectivity index (χ1v) is 8.18. The number of nitrogens with two attached hydrogens (primary N) is 1. The van der Waals surface area contributed by atoms with Crippen LogP contribution in [0.5, 0.6) is 0 Å². The van der Waals surface area contributed by atoms with Crippen molar-refractivity contribution in [3.05, 3.63) is 16.8 Å². The minimum atomic E-state index is 0.298. The normalized spacial score (nSPS) is 19.0. The largest absolute Gasteiger partial charge is 0.377 e. The van der Waals surface area contributed by atoms with E-state index in [9.17, 15) is 0 Å². The molecule has 0 spiro atoms. The van der Waals surface area contributed by atoms with Crippen LogP contribution in [-0.4, -0.2) is 36.0 Å². The molecule has 1 atom stereocenters. The monoisotopic (exact) mass is 292 g/mol. The lowest BCUT2D eigenvalue weighted by Gasteiger charge is -2.34. The van der Waals surface area contributed by atoms with Crippen molar-refractivity contribution in [2.75, 3.05) is 24.6 Å². The van der Waals surface area contributed by atoms with Gasteiger partial charge in [-0.3, -0.25) is 0 Å². The molecule has 5 heteroatoms. The van der Waals surface area contributed by atoms with Gasteiger partial charge in [-0.25, -0.2) is 0 Å². The van der Waals surface area contributed by atoms with Gasteiger partial charge in [0.05, 0.1) is 11.8 Å². The van der Waals surface area contributed by atoms with Gasteiger partial charge >= 0.3 is 0 Å². The molecule has 2 N–H and O–H groups in total. The summed E-state index contributed by atoms with van der Waals surface area (Å²) < 4.78 is 5.79. The fourth-order valence-corrected chi connectivity index (χ4v) is 3.21. The second-order valence-corrected chi connectivity index (χ2v) is 5.50. The lowest BCUT2D eigenvalue weighted by atomic mass is 10.0. The van der Waals surface area contributed by atoms with Crippen LogP contribution in [-0.2, 0) is 24.1 Å². The Labute approximate surface area is 127 Å². The van der Waals surface area contributed by atoms with Crippen LogP contribution in [0.15, 0.2) is 0 Å². The quantitative estimate of drug-likeness (QED) is 0.869. The number of aromatic nitrogens is 2. The zero-order valence-electron chi connectivity index (χ0n) is 13.6. The summed E-state index contributed by atoms with van der Waals surface area (Å²) in [5.41, 5.74) is 9.56. The Morgan fingerprint density at radius 1 is 1.19 bits per heavy atom. The number of anilines is 1. The summed E-state index contributed by atoms with van der Waals surface area (Å²) >= 11 is 0. The van der Waals surface area contributed by atoms with Gasteiger partial charge in [0.1, 0.15) is 0 Å². The van der Waals surface area contributed by atoms with E-state index in [2.05, 4.69) is 35.9 Å². The molecule has 1 aliphatic heterocycles. The number of ether oxygens (including phenoxy) is 1. The number of rotatable bonds is 6. The molecule has 1 fully saturated rings. The zero-order chi connectivity index (χ0) is 15.2. The van der Waals surface area contributed by atoms with E-state index in [0.29, 0.717) is 12.6 Å². The minimum absolute atomic E-state index is 0.298. The second kappa shape index (κ2) is 7.71. The van der Waals surface area contributed by atoms with E-state index < -0.39 is 0 Å². The lowest BCUT2D eigenvalue weighted by Crippen LogP contribution is -2.41. The van der Waals surface area contributed by atoms with Crippen molar-refractivity contribution >= 4 is 5.82 Å². The van der Waals surface area contributed by atoms with E-state index in [1.165, 1.54) is 11.1 Å². The zero-order valence-corrected chi connectivity index (χ0v) is 13.6. The topological polar surface area (TPSA) is 64.3 Å². The molecule has 1 saturated heterocycles. The van der Waals surface area contributed by atoms with Crippen LogP contribution < -0.4 is 10.6 Å². The van der Waals surface area contributed by atoms with Crippen molar-refractivity contribution in [3.8, 4) is 0 Å². The molecule has 21 heavy (non-hydrogen) atoms. The van der Waals surface area contributed by atoms with Crippen LogP contribution in [0.25, 0.3) is 0 Å². The van der Waals surface area contributed by atoms with Gasteiger partial charge in [-0.1, -0.05) is 13.8 Å². The van der Waals surface area contributed by atoms with Gasteiger partial charge < -0.3 is 15.4 Å². The van der Waals surface area contributed by atoms with Gasteiger partial charge in [0.2, 0.25) is 0 Å². The van der Waals surface area contributed by atoms with Gasteiger partial charge in [0, 0.05) is 31.8 Å². The maximum Gasteiger partial charge on any atom is 0.156 e. The molecule has 0 radical (unpaired) electrons. The van der Waals surface area contributed by atoms with Crippen LogP contribution in [0.2, 0.25) is 0 Å². The summed E-state index contributed by atoms with van der Waals surface area (Å²) in [6, 6.07) is 0. The van der Waals surface area contributed by atoms with Gasteiger partial charge in [-0.15, -0.1) is 5.10 Å². The van der Waals surface area contributed by atoms with E-state index in [4.69, 9.17) is 10.5 Å². The van der Waals surface area contributed by atoms with E-state index in [0.717, 1.165) is 56.9 Å². The molecule has 0 amide bonds. The van der Waals surface area contributed by atoms with Crippen molar-refractivity contribution in [1.29, 1.82) is 0 Å². The summed E-state index contributed by atoms with van der Waals surface area (Å²) in [5.74, 6) is 0.968. The molecule has 5 nitrogen and oxygen atoms in total. The van der Waals surface area contributed by atoms with Gasteiger partial charge in [0.15, 0.2) is 5.82 Å². The molecule has 118 valence electrons. The molecule has 1 aromatic heterocycles. The van der Waals surface area contributed by atoms with E-state index in [1.807, 2.05) is 0 Å².